The van der Waals surface area contributed by atoms with Crippen LogP contribution in [-0.4, -0.2) is 43.1 Å². The second-order valence-electron chi connectivity index (χ2n) is 4.44. The number of benzene rings is 1. The Kier molecular flexibility index (Phi) is 7.56. The molecule has 0 heterocycles. The van der Waals surface area contributed by atoms with Crippen LogP contribution in [0.5, 0.6) is 0 Å². The molecule has 0 saturated carbocycles. The molecule has 4 heteroatoms. The first-order chi connectivity index (χ1) is 8.67. The van der Waals surface area contributed by atoms with Crippen molar-refractivity contribution in [2.24, 2.45) is 0 Å². The summed E-state index contributed by atoms with van der Waals surface area (Å²) >= 11 is 7.86. The molecule has 0 aliphatic rings. The van der Waals surface area contributed by atoms with Gasteiger partial charge in [-0.1, -0.05) is 24.6 Å². The quantitative estimate of drug-likeness (QED) is 0.782. The molecule has 0 aromatic heterocycles. The summed E-state index contributed by atoms with van der Waals surface area (Å²) in [4.78, 5) is 2.42. The predicted octanol–water partition coefficient (Wildman–Crippen LogP) is 3.83. The number of hydrogen-bond donors (Lipinski definition) is 1. The van der Waals surface area contributed by atoms with E-state index in [0.29, 0.717) is 6.04 Å². The summed E-state index contributed by atoms with van der Waals surface area (Å²) in [7, 11) is 2.20. The Labute approximate surface area is 120 Å². The number of halogens is 1. The van der Waals surface area contributed by atoms with Crippen LogP contribution in [0.4, 0.5) is 5.69 Å². The van der Waals surface area contributed by atoms with Gasteiger partial charge in [0.25, 0.3) is 0 Å². The van der Waals surface area contributed by atoms with E-state index in [1.54, 1.807) is 0 Å². The van der Waals surface area contributed by atoms with Crippen molar-refractivity contribution >= 4 is 29.1 Å². The summed E-state index contributed by atoms with van der Waals surface area (Å²) < 4.78 is 0. The fourth-order valence-corrected chi connectivity index (χ4v) is 2.97. The lowest BCUT2D eigenvalue weighted by atomic mass is 10.2. The number of thioether (sulfide) groups is 1. The molecule has 0 fully saturated rings. The van der Waals surface area contributed by atoms with Crippen LogP contribution in [0.25, 0.3) is 0 Å². The number of anilines is 1. The van der Waals surface area contributed by atoms with Gasteiger partial charge in [-0.3, -0.25) is 0 Å². The van der Waals surface area contributed by atoms with Crippen molar-refractivity contribution in [3.05, 3.63) is 29.3 Å². The largest absolute Gasteiger partial charge is 0.384 e. The third-order valence-corrected chi connectivity index (χ3v) is 4.03. The van der Waals surface area contributed by atoms with Gasteiger partial charge in [0.2, 0.25) is 0 Å². The number of nitrogens with zero attached hydrogens (tertiary/aromatic N) is 1. The maximum atomic E-state index is 5.95. The molecule has 1 N–H and O–H groups in total. The number of likely N-dealkylation sites (N-methyl/N-ethyl adjacent to an activating group) is 1. The number of nitrogens with one attached hydrogen (secondary N) is 1. The standard InChI is InChI=1S/C14H23ClN2S/c1-4-14(11-18-3)17(2)9-8-16-13-7-5-6-12(15)10-13/h5-7,10,14,16H,4,8-9,11H2,1-3H3. The predicted molar refractivity (Wildman–Crippen MR) is 85.0 cm³/mol. The Morgan fingerprint density at radius 1 is 1.44 bits per heavy atom. The van der Waals surface area contributed by atoms with Gasteiger partial charge in [-0.25, -0.2) is 0 Å². The molecule has 0 spiro atoms. The molecule has 0 aliphatic carbocycles. The van der Waals surface area contributed by atoms with E-state index in [0.717, 1.165) is 23.8 Å². The average Bonchev–Trinajstić information content (AvgIpc) is 2.36. The van der Waals surface area contributed by atoms with Gasteiger partial charge in [-0.2, -0.15) is 11.8 Å². The lowest BCUT2D eigenvalue weighted by molar-refractivity contribution is 0.265. The molecule has 1 rings (SSSR count). The van der Waals surface area contributed by atoms with Crippen molar-refractivity contribution in [3.63, 3.8) is 0 Å². The first-order valence-electron chi connectivity index (χ1n) is 6.36. The van der Waals surface area contributed by atoms with E-state index in [1.165, 1.54) is 12.2 Å². The van der Waals surface area contributed by atoms with Gasteiger partial charge in [-0.15, -0.1) is 0 Å². The minimum Gasteiger partial charge on any atom is -0.384 e. The van der Waals surface area contributed by atoms with E-state index in [2.05, 4.69) is 30.4 Å². The molecule has 18 heavy (non-hydrogen) atoms. The summed E-state index contributed by atoms with van der Waals surface area (Å²) in [5.41, 5.74) is 1.09. The minimum atomic E-state index is 0.668. The highest BCUT2D eigenvalue weighted by Crippen LogP contribution is 2.14. The van der Waals surface area contributed by atoms with E-state index in [9.17, 15) is 0 Å². The fourth-order valence-electron chi connectivity index (χ4n) is 1.91. The molecule has 0 radical (unpaired) electrons. The van der Waals surface area contributed by atoms with Gasteiger partial charge >= 0.3 is 0 Å². The topological polar surface area (TPSA) is 15.3 Å². The Morgan fingerprint density at radius 2 is 2.22 bits per heavy atom. The summed E-state index contributed by atoms with van der Waals surface area (Å²) in [6.07, 6.45) is 3.37. The van der Waals surface area contributed by atoms with Crippen molar-refractivity contribution < 1.29 is 0 Å². The van der Waals surface area contributed by atoms with Crippen molar-refractivity contribution in [1.82, 2.24) is 4.90 Å². The molecule has 1 atom stereocenters. The molecule has 0 amide bonds. The summed E-state index contributed by atoms with van der Waals surface area (Å²) in [6, 6.07) is 8.54. The zero-order valence-electron chi connectivity index (χ0n) is 11.4. The summed E-state index contributed by atoms with van der Waals surface area (Å²) in [5.74, 6) is 1.20. The Morgan fingerprint density at radius 3 is 2.83 bits per heavy atom. The monoisotopic (exact) mass is 286 g/mol. The molecule has 1 unspecified atom stereocenters. The van der Waals surface area contributed by atoms with E-state index in [1.807, 2.05) is 36.0 Å². The number of hydrogen-bond acceptors (Lipinski definition) is 3. The van der Waals surface area contributed by atoms with Crippen LogP contribution in [0.15, 0.2) is 24.3 Å². The third-order valence-electron chi connectivity index (χ3n) is 3.07. The Bertz CT molecular complexity index is 346. The van der Waals surface area contributed by atoms with Crippen LogP contribution in [-0.2, 0) is 0 Å². The van der Waals surface area contributed by atoms with Crippen LogP contribution < -0.4 is 5.32 Å². The third kappa shape index (κ3) is 5.51. The Balaban J connectivity index is 2.32. The first-order valence-corrected chi connectivity index (χ1v) is 8.13. The van der Waals surface area contributed by atoms with E-state index in [-0.39, 0.29) is 0 Å². The van der Waals surface area contributed by atoms with Gasteiger partial charge < -0.3 is 10.2 Å². The van der Waals surface area contributed by atoms with Crippen LogP contribution >= 0.6 is 23.4 Å². The lowest BCUT2D eigenvalue weighted by Gasteiger charge is -2.26. The second kappa shape index (κ2) is 8.68. The summed E-state index contributed by atoms with van der Waals surface area (Å²) in [5, 5.41) is 4.18. The zero-order chi connectivity index (χ0) is 13.4. The van der Waals surface area contributed by atoms with Crippen LogP contribution in [0, 0.1) is 0 Å². The van der Waals surface area contributed by atoms with Gasteiger partial charge in [-0.05, 0) is 37.9 Å². The highest BCUT2D eigenvalue weighted by molar-refractivity contribution is 7.98. The smallest absolute Gasteiger partial charge is 0.0426 e. The highest BCUT2D eigenvalue weighted by Gasteiger charge is 2.10. The highest BCUT2D eigenvalue weighted by atomic mass is 35.5. The molecule has 1 aromatic rings. The molecule has 0 saturated heterocycles. The maximum absolute atomic E-state index is 5.95. The zero-order valence-corrected chi connectivity index (χ0v) is 13.0. The second-order valence-corrected chi connectivity index (χ2v) is 5.78. The average molecular weight is 287 g/mol. The van der Waals surface area contributed by atoms with Crippen molar-refractivity contribution in [2.75, 3.05) is 37.5 Å². The first kappa shape index (κ1) is 15.7. The summed E-state index contributed by atoms with van der Waals surface area (Å²) in [6.45, 7) is 4.25. The Hall–Kier alpha value is -0.380. The van der Waals surface area contributed by atoms with E-state index >= 15 is 0 Å². The molecular weight excluding hydrogens is 264 g/mol. The SMILES string of the molecule is CCC(CSC)N(C)CCNc1cccc(Cl)c1. The maximum Gasteiger partial charge on any atom is 0.0426 e. The minimum absolute atomic E-state index is 0.668. The van der Waals surface area contributed by atoms with Gasteiger partial charge in [0.05, 0.1) is 0 Å². The van der Waals surface area contributed by atoms with Crippen LogP contribution in [0.3, 0.4) is 0 Å². The van der Waals surface area contributed by atoms with Crippen LogP contribution in [0.1, 0.15) is 13.3 Å². The molecular formula is C14H23ClN2S. The molecule has 1 aromatic carbocycles. The van der Waals surface area contributed by atoms with E-state index < -0.39 is 0 Å². The van der Waals surface area contributed by atoms with Crippen molar-refractivity contribution in [3.8, 4) is 0 Å². The molecule has 0 bridgehead atoms. The van der Waals surface area contributed by atoms with Gasteiger partial charge in [0, 0.05) is 35.6 Å². The van der Waals surface area contributed by atoms with Crippen molar-refractivity contribution in [1.29, 1.82) is 0 Å². The fraction of sp³-hybridized carbons (Fsp3) is 0.571. The molecule has 102 valence electrons. The molecule has 2 nitrogen and oxygen atoms in total. The van der Waals surface area contributed by atoms with Gasteiger partial charge in [0.1, 0.15) is 0 Å². The molecule has 0 aliphatic heterocycles. The number of rotatable bonds is 8. The normalized spacial score (nSPS) is 12.7. The van der Waals surface area contributed by atoms with E-state index in [4.69, 9.17) is 11.6 Å². The van der Waals surface area contributed by atoms with Crippen molar-refractivity contribution in [2.45, 2.75) is 19.4 Å². The van der Waals surface area contributed by atoms with Gasteiger partial charge in [0.15, 0.2) is 0 Å². The lowest BCUT2D eigenvalue weighted by Crippen LogP contribution is -2.36. The van der Waals surface area contributed by atoms with Crippen LogP contribution in [0.2, 0.25) is 5.02 Å².